The Bertz CT molecular complexity index is 796. The van der Waals surface area contributed by atoms with Crippen molar-refractivity contribution in [1.82, 2.24) is 5.32 Å². The van der Waals surface area contributed by atoms with Crippen molar-refractivity contribution >= 4 is 34.6 Å². The third-order valence-electron chi connectivity index (χ3n) is 3.04. The Kier molecular flexibility index (Phi) is 4.68. The van der Waals surface area contributed by atoms with Crippen LogP contribution in [0.4, 0.5) is 10.1 Å². The molecule has 2 aromatic rings. The lowest BCUT2D eigenvalue weighted by Crippen LogP contribution is -2.19. The van der Waals surface area contributed by atoms with Crippen molar-refractivity contribution in [3.63, 3.8) is 0 Å². The molecule has 3 nitrogen and oxygen atoms in total. The van der Waals surface area contributed by atoms with Crippen molar-refractivity contribution in [2.75, 3.05) is 0 Å². The number of aliphatic imine (C=N–C) groups is 1. The molecule has 1 aliphatic heterocycles. The normalized spacial score (nSPS) is 18.0. The van der Waals surface area contributed by atoms with Gasteiger partial charge in [0.05, 0.1) is 10.6 Å². The van der Waals surface area contributed by atoms with E-state index in [1.807, 2.05) is 42.5 Å². The van der Waals surface area contributed by atoms with Crippen LogP contribution >= 0.6 is 11.8 Å². The summed E-state index contributed by atoms with van der Waals surface area (Å²) in [6, 6.07) is 15.6. The minimum Gasteiger partial charge on any atom is -0.300 e. The van der Waals surface area contributed by atoms with E-state index < -0.39 is 0 Å². The lowest BCUT2D eigenvalue weighted by Gasteiger charge is -1.95. The molecule has 1 fully saturated rings. The van der Waals surface area contributed by atoms with Crippen molar-refractivity contribution in [1.29, 1.82) is 0 Å². The van der Waals surface area contributed by atoms with Crippen molar-refractivity contribution in [3.8, 4) is 0 Å². The highest BCUT2D eigenvalue weighted by Gasteiger charge is 2.22. The minimum atomic E-state index is -0.316. The fourth-order valence-corrected chi connectivity index (χ4v) is 2.73. The summed E-state index contributed by atoms with van der Waals surface area (Å²) in [6.07, 6.45) is 5.51. The van der Waals surface area contributed by atoms with Gasteiger partial charge in [-0.05, 0) is 47.7 Å². The summed E-state index contributed by atoms with van der Waals surface area (Å²) in [4.78, 5) is 16.7. The van der Waals surface area contributed by atoms with Gasteiger partial charge >= 0.3 is 0 Å². The molecule has 0 bridgehead atoms. The third kappa shape index (κ3) is 4.17. The Balaban J connectivity index is 1.71. The molecular weight excluding hydrogens is 311 g/mol. The number of amides is 1. The number of carbonyl (C=O) groups is 1. The number of hydrogen-bond donors (Lipinski definition) is 1. The monoisotopic (exact) mass is 324 g/mol. The van der Waals surface area contributed by atoms with Gasteiger partial charge in [-0.15, -0.1) is 0 Å². The molecule has 0 radical (unpaired) electrons. The van der Waals surface area contributed by atoms with Crippen molar-refractivity contribution in [3.05, 3.63) is 83.0 Å². The quantitative estimate of drug-likeness (QED) is 0.857. The largest absolute Gasteiger partial charge is 0.300 e. The second kappa shape index (κ2) is 7.07. The molecule has 114 valence electrons. The lowest BCUT2D eigenvalue weighted by atomic mass is 10.2. The Hall–Kier alpha value is -2.66. The van der Waals surface area contributed by atoms with Crippen LogP contribution in [0.3, 0.4) is 0 Å². The predicted octanol–water partition coefficient (Wildman–Crippen LogP) is 4.27. The highest BCUT2D eigenvalue weighted by atomic mass is 32.2. The number of halogens is 1. The molecule has 0 saturated carbocycles. The first kappa shape index (κ1) is 15.2. The van der Waals surface area contributed by atoms with Crippen LogP contribution in [0.5, 0.6) is 0 Å². The molecule has 0 aromatic heterocycles. The summed E-state index contributed by atoms with van der Waals surface area (Å²) in [6.45, 7) is 0. The van der Waals surface area contributed by atoms with Crippen LogP contribution in [0.2, 0.25) is 0 Å². The smallest absolute Gasteiger partial charge is 0.264 e. The number of carbonyl (C=O) groups excluding carboxylic acids is 1. The summed E-state index contributed by atoms with van der Waals surface area (Å²) in [7, 11) is 0. The molecule has 0 unspecified atom stereocenters. The van der Waals surface area contributed by atoms with Crippen LogP contribution in [-0.2, 0) is 4.79 Å². The van der Waals surface area contributed by atoms with Gasteiger partial charge in [0.15, 0.2) is 5.17 Å². The fourth-order valence-electron chi connectivity index (χ4n) is 1.94. The molecule has 1 N–H and O–H groups in total. The molecule has 5 heteroatoms. The van der Waals surface area contributed by atoms with Gasteiger partial charge < -0.3 is 5.32 Å². The van der Waals surface area contributed by atoms with E-state index in [2.05, 4.69) is 10.3 Å². The van der Waals surface area contributed by atoms with Gasteiger partial charge in [0.25, 0.3) is 5.91 Å². The van der Waals surface area contributed by atoms with E-state index in [9.17, 15) is 9.18 Å². The number of amidine groups is 1. The maximum Gasteiger partial charge on any atom is 0.264 e. The molecular formula is C18H13FN2OS. The molecule has 0 atom stereocenters. The second-order valence-corrected chi connectivity index (χ2v) is 5.78. The van der Waals surface area contributed by atoms with Gasteiger partial charge in [-0.1, -0.05) is 42.5 Å². The first-order chi connectivity index (χ1) is 11.2. The van der Waals surface area contributed by atoms with E-state index in [0.717, 1.165) is 5.56 Å². The van der Waals surface area contributed by atoms with Crippen LogP contribution in [0.25, 0.3) is 6.08 Å². The molecule has 0 aliphatic carbocycles. The average Bonchev–Trinajstić information content (AvgIpc) is 2.90. The molecule has 1 aliphatic rings. The average molecular weight is 324 g/mol. The van der Waals surface area contributed by atoms with Gasteiger partial charge in [0, 0.05) is 0 Å². The van der Waals surface area contributed by atoms with E-state index in [-0.39, 0.29) is 11.7 Å². The molecule has 2 aromatic carbocycles. The van der Waals surface area contributed by atoms with Crippen LogP contribution in [0, 0.1) is 5.82 Å². The summed E-state index contributed by atoms with van der Waals surface area (Å²) in [5.74, 6) is -0.503. The summed E-state index contributed by atoms with van der Waals surface area (Å²) in [5.41, 5.74) is 1.66. The Morgan fingerprint density at radius 3 is 2.52 bits per heavy atom. The zero-order chi connectivity index (χ0) is 16.1. The van der Waals surface area contributed by atoms with Crippen molar-refractivity contribution in [2.24, 2.45) is 4.99 Å². The number of rotatable bonds is 3. The Labute approximate surface area is 137 Å². The van der Waals surface area contributed by atoms with Gasteiger partial charge in [0.2, 0.25) is 0 Å². The fraction of sp³-hybridized carbons (Fsp3) is 0. The number of allylic oxidation sites excluding steroid dienone is 2. The van der Waals surface area contributed by atoms with Gasteiger partial charge in [-0.25, -0.2) is 9.38 Å². The van der Waals surface area contributed by atoms with Gasteiger partial charge in [0.1, 0.15) is 5.82 Å². The first-order valence-electron chi connectivity index (χ1n) is 6.97. The number of nitrogens with zero attached hydrogens (tertiary/aromatic N) is 1. The van der Waals surface area contributed by atoms with Gasteiger partial charge in [-0.3, -0.25) is 4.79 Å². The zero-order valence-corrected chi connectivity index (χ0v) is 12.9. The standard InChI is InChI=1S/C18H13FN2OS/c19-14-9-11-15(12-10-14)20-18-21-17(22)16(23-18)8-4-7-13-5-2-1-3-6-13/h1-12H,(H,20,21,22)/b7-4+,16-8-. The molecule has 1 saturated heterocycles. The Morgan fingerprint density at radius 1 is 1.04 bits per heavy atom. The first-order valence-corrected chi connectivity index (χ1v) is 7.79. The Morgan fingerprint density at radius 2 is 1.78 bits per heavy atom. The summed E-state index contributed by atoms with van der Waals surface area (Å²) >= 11 is 1.26. The SMILES string of the molecule is O=C1NC(=Nc2ccc(F)cc2)S/C1=C\C=C\c1ccccc1. The highest BCUT2D eigenvalue weighted by molar-refractivity contribution is 8.18. The second-order valence-electron chi connectivity index (χ2n) is 4.75. The van der Waals surface area contributed by atoms with Crippen LogP contribution in [0.1, 0.15) is 5.56 Å². The van der Waals surface area contributed by atoms with E-state index in [1.165, 1.54) is 23.9 Å². The van der Waals surface area contributed by atoms with Crippen molar-refractivity contribution < 1.29 is 9.18 Å². The van der Waals surface area contributed by atoms with Crippen LogP contribution in [-0.4, -0.2) is 11.1 Å². The molecule has 0 spiro atoms. The topological polar surface area (TPSA) is 41.5 Å². The number of benzene rings is 2. The third-order valence-corrected chi connectivity index (χ3v) is 3.97. The highest BCUT2D eigenvalue weighted by Crippen LogP contribution is 2.26. The molecule has 1 amide bonds. The maximum atomic E-state index is 12.9. The predicted molar refractivity (Wildman–Crippen MR) is 92.8 cm³/mol. The minimum absolute atomic E-state index is 0.187. The van der Waals surface area contributed by atoms with E-state index >= 15 is 0 Å². The van der Waals surface area contributed by atoms with Gasteiger partial charge in [-0.2, -0.15) is 0 Å². The van der Waals surface area contributed by atoms with E-state index in [4.69, 9.17) is 0 Å². The molecule has 1 heterocycles. The summed E-state index contributed by atoms with van der Waals surface area (Å²) in [5, 5.41) is 3.18. The number of thioether (sulfide) groups is 1. The van der Waals surface area contributed by atoms with Crippen LogP contribution in [0.15, 0.2) is 76.6 Å². The molecule has 23 heavy (non-hydrogen) atoms. The summed E-state index contributed by atoms with van der Waals surface area (Å²) < 4.78 is 12.9. The lowest BCUT2D eigenvalue weighted by molar-refractivity contribution is -0.115. The zero-order valence-electron chi connectivity index (χ0n) is 12.1. The van der Waals surface area contributed by atoms with Crippen molar-refractivity contribution in [2.45, 2.75) is 0 Å². The van der Waals surface area contributed by atoms with Crippen LogP contribution < -0.4 is 5.32 Å². The van der Waals surface area contributed by atoms with E-state index in [0.29, 0.717) is 15.8 Å². The molecule has 3 rings (SSSR count). The number of hydrogen-bond acceptors (Lipinski definition) is 3. The maximum absolute atomic E-state index is 12.9. The van der Waals surface area contributed by atoms with E-state index in [1.54, 1.807) is 18.2 Å². The number of nitrogens with one attached hydrogen (secondary N) is 1.